The van der Waals surface area contributed by atoms with E-state index in [0.717, 1.165) is 19.4 Å². The van der Waals surface area contributed by atoms with Gasteiger partial charge in [0.1, 0.15) is 0 Å². The van der Waals surface area contributed by atoms with Crippen LogP contribution in [0.3, 0.4) is 0 Å². The molecule has 1 fully saturated rings. The number of hydrogen-bond donors (Lipinski definition) is 2. The summed E-state index contributed by atoms with van der Waals surface area (Å²) in [5.41, 5.74) is 0. The third-order valence-electron chi connectivity index (χ3n) is 2.41. The summed E-state index contributed by atoms with van der Waals surface area (Å²) in [6.07, 6.45) is 2.83. The van der Waals surface area contributed by atoms with Crippen molar-refractivity contribution in [1.29, 1.82) is 0 Å². The molecule has 0 aromatic heterocycles. The van der Waals surface area contributed by atoms with Gasteiger partial charge >= 0.3 is 0 Å². The van der Waals surface area contributed by atoms with Crippen LogP contribution in [-0.2, 0) is 4.79 Å². The predicted molar refractivity (Wildman–Crippen MR) is 48.9 cm³/mol. The van der Waals surface area contributed by atoms with Crippen molar-refractivity contribution >= 4 is 5.91 Å². The third-order valence-corrected chi connectivity index (χ3v) is 2.41. The van der Waals surface area contributed by atoms with Crippen LogP contribution in [-0.4, -0.2) is 24.5 Å². The first-order valence-electron chi connectivity index (χ1n) is 4.75. The first kappa shape index (κ1) is 9.52. The maximum atomic E-state index is 10.8. The van der Waals surface area contributed by atoms with E-state index >= 15 is 0 Å². The summed E-state index contributed by atoms with van der Waals surface area (Å²) in [4.78, 5) is 10.8. The first-order valence-corrected chi connectivity index (χ1v) is 4.75. The molecule has 1 amide bonds. The summed E-state index contributed by atoms with van der Waals surface area (Å²) in [5.74, 6) is 0.200. The maximum Gasteiger partial charge on any atom is 0.220 e. The van der Waals surface area contributed by atoms with Crippen molar-refractivity contribution in [2.45, 2.75) is 45.2 Å². The Balaban J connectivity index is 2.11. The van der Waals surface area contributed by atoms with Crippen molar-refractivity contribution in [2.24, 2.45) is 0 Å². The zero-order valence-electron chi connectivity index (χ0n) is 7.89. The van der Waals surface area contributed by atoms with Gasteiger partial charge in [-0.1, -0.05) is 6.92 Å². The minimum atomic E-state index is 0.200. The summed E-state index contributed by atoms with van der Waals surface area (Å²) >= 11 is 0. The van der Waals surface area contributed by atoms with Crippen LogP contribution in [0.2, 0.25) is 0 Å². The monoisotopic (exact) mass is 170 g/mol. The van der Waals surface area contributed by atoms with Gasteiger partial charge in [0.05, 0.1) is 0 Å². The number of amides is 1. The van der Waals surface area contributed by atoms with Gasteiger partial charge in [0.2, 0.25) is 5.91 Å². The van der Waals surface area contributed by atoms with Crippen LogP contribution in [0.15, 0.2) is 0 Å². The van der Waals surface area contributed by atoms with Gasteiger partial charge in [-0.3, -0.25) is 4.79 Å². The van der Waals surface area contributed by atoms with Gasteiger partial charge in [0.15, 0.2) is 0 Å². The highest BCUT2D eigenvalue weighted by atomic mass is 16.1. The Morgan fingerprint density at radius 1 is 1.75 bits per heavy atom. The molecule has 0 aliphatic carbocycles. The Morgan fingerprint density at radius 2 is 2.50 bits per heavy atom. The van der Waals surface area contributed by atoms with Crippen LogP contribution >= 0.6 is 0 Å². The van der Waals surface area contributed by atoms with Gasteiger partial charge in [0, 0.05) is 25.0 Å². The molecule has 1 aliphatic heterocycles. The second-order valence-electron chi connectivity index (χ2n) is 3.52. The molecule has 3 nitrogen and oxygen atoms in total. The standard InChI is InChI=1S/C9H18N2O/c1-3-7(2)10-6-8-4-5-9(12)11-8/h7-8,10H,3-6H2,1-2H3,(H,11,12). The average Bonchev–Trinajstić information content (AvgIpc) is 2.47. The zero-order chi connectivity index (χ0) is 8.97. The SMILES string of the molecule is CCC(C)NCC1CCC(=O)N1. The van der Waals surface area contributed by atoms with Gasteiger partial charge in [-0.2, -0.15) is 0 Å². The molecule has 12 heavy (non-hydrogen) atoms. The van der Waals surface area contributed by atoms with Crippen molar-refractivity contribution in [3.63, 3.8) is 0 Å². The minimum Gasteiger partial charge on any atom is -0.352 e. The van der Waals surface area contributed by atoms with E-state index in [-0.39, 0.29) is 5.91 Å². The van der Waals surface area contributed by atoms with Gasteiger partial charge < -0.3 is 10.6 Å². The lowest BCUT2D eigenvalue weighted by atomic mass is 10.2. The predicted octanol–water partition coefficient (Wildman–Crippen LogP) is 0.653. The Bertz CT molecular complexity index is 159. The number of carbonyl (C=O) groups excluding carboxylic acids is 1. The van der Waals surface area contributed by atoms with Gasteiger partial charge in [-0.05, 0) is 19.8 Å². The fourth-order valence-corrected chi connectivity index (χ4v) is 1.32. The van der Waals surface area contributed by atoms with Gasteiger partial charge in [-0.15, -0.1) is 0 Å². The molecule has 1 heterocycles. The van der Waals surface area contributed by atoms with Crippen molar-refractivity contribution in [1.82, 2.24) is 10.6 Å². The number of rotatable bonds is 4. The summed E-state index contributed by atoms with van der Waals surface area (Å²) in [6, 6.07) is 0.925. The number of hydrogen-bond acceptors (Lipinski definition) is 2. The van der Waals surface area contributed by atoms with E-state index in [9.17, 15) is 4.79 Å². The Morgan fingerprint density at radius 3 is 3.00 bits per heavy atom. The lowest BCUT2D eigenvalue weighted by Crippen LogP contribution is -2.39. The van der Waals surface area contributed by atoms with Crippen LogP contribution in [0, 0.1) is 0 Å². The van der Waals surface area contributed by atoms with Crippen LogP contribution < -0.4 is 10.6 Å². The van der Waals surface area contributed by atoms with E-state index < -0.39 is 0 Å². The summed E-state index contributed by atoms with van der Waals surface area (Å²) in [6.45, 7) is 5.24. The molecule has 3 heteroatoms. The molecule has 2 unspecified atom stereocenters. The largest absolute Gasteiger partial charge is 0.352 e. The maximum absolute atomic E-state index is 10.8. The molecule has 0 spiro atoms. The Hall–Kier alpha value is -0.570. The van der Waals surface area contributed by atoms with E-state index in [2.05, 4.69) is 24.5 Å². The lowest BCUT2D eigenvalue weighted by molar-refractivity contribution is -0.119. The van der Waals surface area contributed by atoms with Gasteiger partial charge in [0.25, 0.3) is 0 Å². The van der Waals surface area contributed by atoms with Crippen molar-refractivity contribution in [2.75, 3.05) is 6.54 Å². The molecule has 70 valence electrons. The highest BCUT2D eigenvalue weighted by molar-refractivity contribution is 5.78. The molecule has 2 atom stereocenters. The zero-order valence-corrected chi connectivity index (χ0v) is 7.89. The van der Waals surface area contributed by atoms with E-state index in [1.807, 2.05) is 0 Å². The van der Waals surface area contributed by atoms with E-state index in [0.29, 0.717) is 18.5 Å². The van der Waals surface area contributed by atoms with Crippen LogP contribution in [0.1, 0.15) is 33.1 Å². The van der Waals surface area contributed by atoms with Crippen molar-refractivity contribution in [3.8, 4) is 0 Å². The molecule has 1 rings (SSSR count). The number of carbonyl (C=O) groups is 1. The fourth-order valence-electron chi connectivity index (χ4n) is 1.32. The Labute approximate surface area is 73.9 Å². The fraction of sp³-hybridized carbons (Fsp3) is 0.889. The summed E-state index contributed by atoms with van der Waals surface area (Å²) in [7, 11) is 0. The van der Waals surface area contributed by atoms with E-state index in [1.54, 1.807) is 0 Å². The average molecular weight is 170 g/mol. The van der Waals surface area contributed by atoms with Crippen LogP contribution in [0.5, 0.6) is 0 Å². The quantitative estimate of drug-likeness (QED) is 0.650. The summed E-state index contributed by atoms with van der Waals surface area (Å²) in [5, 5.41) is 6.31. The van der Waals surface area contributed by atoms with Crippen LogP contribution in [0.4, 0.5) is 0 Å². The van der Waals surface area contributed by atoms with Gasteiger partial charge in [-0.25, -0.2) is 0 Å². The third kappa shape index (κ3) is 2.81. The van der Waals surface area contributed by atoms with E-state index in [4.69, 9.17) is 0 Å². The first-order chi connectivity index (χ1) is 5.72. The topological polar surface area (TPSA) is 41.1 Å². The summed E-state index contributed by atoms with van der Waals surface area (Å²) < 4.78 is 0. The highest BCUT2D eigenvalue weighted by Gasteiger charge is 2.20. The number of nitrogens with one attached hydrogen (secondary N) is 2. The highest BCUT2D eigenvalue weighted by Crippen LogP contribution is 2.05. The molecule has 0 saturated carbocycles. The van der Waals surface area contributed by atoms with Crippen LogP contribution in [0.25, 0.3) is 0 Å². The molecular formula is C9H18N2O. The molecule has 1 saturated heterocycles. The molecule has 2 N–H and O–H groups in total. The molecule has 0 aromatic carbocycles. The molecule has 0 radical (unpaired) electrons. The molecule has 0 aromatic rings. The van der Waals surface area contributed by atoms with Crippen molar-refractivity contribution < 1.29 is 4.79 Å². The molecule has 1 aliphatic rings. The molecule has 0 bridgehead atoms. The smallest absolute Gasteiger partial charge is 0.220 e. The second-order valence-corrected chi connectivity index (χ2v) is 3.52. The normalized spacial score (nSPS) is 25.5. The Kier molecular flexibility index (Phi) is 3.53. The van der Waals surface area contributed by atoms with Crippen molar-refractivity contribution in [3.05, 3.63) is 0 Å². The van der Waals surface area contributed by atoms with E-state index in [1.165, 1.54) is 0 Å². The lowest BCUT2D eigenvalue weighted by Gasteiger charge is -2.15. The minimum absolute atomic E-state index is 0.200. The molecular weight excluding hydrogens is 152 g/mol. The second kappa shape index (κ2) is 4.45.